The summed E-state index contributed by atoms with van der Waals surface area (Å²) in [5, 5.41) is 8.55. The number of ether oxygens (including phenoxy) is 1. The summed E-state index contributed by atoms with van der Waals surface area (Å²) in [5.74, 6) is -1.42. The Hall–Kier alpha value is -1.59. The minimum Gasteiger partial charge on any atom is -0.481 e. The molecule has 108 valence electrons. The summed E-state index contributed by atoms with van der Waals surface area (Å²) >= 11 is 0. The van der Waals surface area contributed by atoms with Crippen molar-refractivity contribution in [2.45, 2.75) is 51.5 Å². The van der Waals surface area contributed by atoms with Crippen molar-refractivity contribution in [2.24, 2.45) is 0 Å². The standard InChI is InChI=1S/C13H21NO5/c1-2-19-13(18)10-6-3-4-9-14(10)11(15)7-5-8-12(16)17/h10H,2-9H2,1H3,(H,16,17). The molecule has 0 radical (unpaired) electrons. The molecule has 1 N–H and O–H groups in total. The average molecular weight is 271 g/mol. The van der Waals surface area contributed by atoms with Gasteiger partial charge in [0.05, 0.1) is 6.61 Å². The largest absolute Gasteiger partial charge is 0.481 e. The van der Waals surface area contributed by atoms with Gasteiger partial charge in [0.15, 0.2) is 0 Å². The third-order valence-corrected chi connectivity index (χ3v) is 3.16. The summed E-state index contributed by atoms with van der Waals surface area (Å²) in [4.78, 5) is 35.8. The van der Waals surface area contributed by atoms with Crippen molar-refractivity contribution in [2.75, 3.05) is 13.2 Å². The van der Waals surface area contributed by atoms with Crippen LogP contribution in [-0.4, -0.2) is 47.0 Å². The maximum atomic E-state index is 12.0. The van der Waals surface area contributed by atoms with Crippen molar-refractivity contribution >= 4 is 17.8 Å². The van der Waals surface area contributed by atoms with Gasteiger partial charge in [-0.3, -0.25) is 9.59 Å². The highest BCUT2D eigenvalue weighted by atomic mass is 16.5. The van der Waals surface area contributed by atoms with E-state index in [-0.39, 0.29) is 24.7 Å². The molecular weight excluding hydrogens is 250 g/mol. The Bertz CT molecular complexity index is 342. The van der Waals surface area contributed by atoms with Crippen molar-refractivity contribution in [1.82, 2.24) is 4.90 Å². The monoisotopic (exact) mass is 271 g/mol. The van der Waals surface area contributed by atoms with Crippen LogP contribution < -0.4 is 0 Å². The van der Waals surface area contributed by atoms with Crippen LogP contribution in [0.5, 0.6) is 0 Å². The van der Waals surface area contributed by atoms with E-state index in [0.29, 0.717) is 26.0 Å². The maximum absolute atomic E-state index is 12.0. The lowest BCUT2D eigenvalue weighted by atomic mass is 10.0. The molecule has 1 rings (SSSR count). The second kappa shape index (κ2) is 7.76. The number of rotatable bonds is 6. The lowest BCUT2D eigenvalue weighted by Gasteiger charge is -2.34. The third kappa shape index (κ3) is 4.89. The van der Waals surface area contributed by atoms with Gasteiger partial charge in [0.2, 0.25) is 5.91 Å². The second-order valence-corrected chi connectivity index (χ2v) is 4.60. The van der Waals surface area contributed by atoms with Gasteiger partial charge >= 0.3 is 11.9 Å². The van der Waals surface area contributed by atoms with Crippen LogP contribution in [0.3, 0.4) is 0 Å². The van der Waals surface area contributed by atoms with Crippen LogP contribution in [0, 0.1) is 0 Å². The highest BCUT2D eigenvalue weighted by Gasteiger charge is 2.32. The van der Waals surface area contributed by atoms with E-state index < -0.39 is 12.0 Å². The van der Waals surface area contributed by atoms with Crippen LogP contribution in [0.15, 0.2) is 0 Å². The Kier molecular flexibility index (Phi) is 6.32. The Balaban J connectivity index is 2.53. The van der Waals surface area contributed by atoms with E-state index in [4.69, 9.17) is 9.84 Å². The van der Waals surface area contributed by atoms with Crippen LogP contribution in [0.25, 0.3) is 0 Å². The minimum absolute atomic E-state index is 0.0242. The molecule has 0 aromatic heterocycles. The topological polar surface area (TPSA) is 83.9 Å². The normalized spacial score (nSPS) is 19.0. The summed E-state index contributed by atoms with van der Waals surface area (Å²) in [5.41, 5.74) is 0. The lowest BCUT2D eigenvalue weighted by molar-refractivity contribution is -0.156. The van der Waals surface area contributed by atoms with Gasteiger partial charge in [-0.2, -0.15) is 0 Å². The number of carbonyl (C=O) groups excluding carboxylic acids is 2. The van der Waals surface area contributed by atoms with Gasteiger partial charge in [0.1, 0.15) is 6.04 Å². The Morgan fingerprint density at radius 1 is 1.26 bits per heavy atom. The van der Waals surface area contributed by atoms with E-state index in [0.717, 1.165) is 12.8 Å². The van der Waals surface area contributed by atoms with E-state index in [1.165, 1.54) is 0 Å². The van der Waals surface area contributed by atoms with Crippen LogP contribution in [0.1, 0.15) is 45.4 Å². The molecule has 1 aliphatic heterocycles. The van der Waals surface area contributed by atoms with Crippen LogP contribution in [-0.2, 0) is 19.1 Å². The van der Waals surface area contributed by atoms with Crippen LogP contribution >= 0.6 is 0 Å². The molecule has 1 unspecified atom stereocenters. The van der Waals surface area contributed by atoms with Crippen molar-refractivity contribution in [3.63, 3.8) is 0 Å². The number of aliphatic carboxylic acids is 1. The van der Waals surface area contributed by atoms with E-state index in [9.17, 15) is 14.4 Å². The van der Waals surface area contributed by atoms with E-state index >= 15 is 0 Å². The molecule has 6 heteroatoms. The molecule has 1 aliphatic rings. The summed E-state index contributed by atoms with van der Waals surface area (Å²) in [6, 6.07) is -0.494. The molecule has 1 atom stereocenters. The molecule has 1 fully saturated rings. The first-order chi connectivity index (χ1) is 9.06. The Morgan fingerprint density at radius 2 is 2.00 bits per heavy atom. The molecule has 0 bridgehead atoms. The number of esters is 1. The first-order valence-corrected chi connectivity index (χ1v) is 6.74. The van der Waals surface area contributed by atoms with Crippen LogP contribution in [0.4, 0.5) is 0 Å². The van der Waals surface area contributed by atoms with Gasteiger partial charge in [-0.15, -0.1) is 0 Å². The SMILES string of the molecule is CCOC(=O)C1CCCCN1C(=O)CCCC(=O)O. The molecular formula is C13H21NO5. The van der Waals surface area contributed by atoms with Crippen molar-refractivity contribution in [1.29, 1.82) is 0 Å². The Morgan fingerprint density at radius 3 is 2.63 bits per heavy atom. The van der Waals surface area contributed by atoms with Gasteiger partial charge in [-0.05, 0) is 32.6 Å². The highest BCUT2D eigenvalue weighted by molar-refractivity contribution is 5.85. The first kappa shape index (κ1) is 15.5. The summed E-state index contributed by atoms with van der Waals surface area (Å²) in [6.07, 6.45) is 2.86. The molecule has 0 spiro atoms. The third-order valence-electron chi connectivity index (χ3n) is 3.16. The number of amides is 1. The van der Waals surface area contributed by atoms with Gasteiger partial charge in [0, 0.05) is 19.4 Å². The number of carbonyl (C=O) groups is 3. The fourth-order valence-corrected chi connectivity index (χ4v) is 2.25. The molecule has 19 heavy (non-hydrogen) atoms. The predicted molar refractivity (Wildman–Crippen MR) is 67.5 cm³/mol. The number of nitrogens with zero attached hydrogens (tertiary/aromatic N) is 1. The molecule has 0 aromatic rings. The fourth-order valence-electron chi connectivity index (χ4n) is 2.25. The zero-order valence-corrected chi connectivity index (χ0v) is 11.3. The van der Waals surface area contributed by atoms with E-state index in [1.807, 2.05) is 0 Å². The van der Waals surface area contributed by atoms with Gasteiger partial charge in [-0.25, -0.2) is 4.79 Å². The summed E-state index contributed by atoms with van der Waals surface area (Å²) in [6.45, 7) is 2.59. The van der Waals surface area contributed by atoms with Gasteiger partial charge in [-0.1, -0.05) is 0 Å². The van der Waals surface area contributed by atoms with Crippen molar-refractivity contribution < 1.29 is 24.2 Å². The first-order valence-electron chi connectivity index (χ1n) is 6.74. The number of carboxylic acid groups (broad SMARTS) is 1. The molecule has 1 heterocycles. The zero-order valence-electron chi connectivity index (χ0n) is 11.3. The number of hydrogen-bond acceptors (Lipinski definition) is 4. The predicted octanol–water partition coefficient (Wildman–Crippen LogP) is 1.19. The highest BCUT2D eigenvalue weighted by Crippen LogP contribution is 2.19. The molecule has 1 amide bonds. The molecule has 6 nitrogen and oxygen atoms in total. The quantitative estimate of drug-likeness (QED) is 0.733. The number of likely N-dealkylation sites (tertiary alicyclic amines) is 1. The van der Waals surface area contributed by atoms with Crippen molar-refractivity contribution in [3.8, 4) is 0 Å². The minimum atomic E-state index is -0.909. The fraction of sp³-hybridized carbons (Fsp3) is 0.769. The molecule has 0 saturated carbocycles. The van der Waals surface area contributed by atoms with Gasteiger partial charge < -0.3 is 14.7 Å². The lowest BCUT2D eigenvalue weighted by Crippen LogP contribution is -2.48. The number of piperidine rings is 1. The smallest absolute Gasteiger partial charge is 0.328 e. The summed E-state index contributed by atoms with van der Waals surface area (Å²) in [7, 11) is 0. The van der Waals surface area contributed by atoms with Crippen LogP contribution in [0.2, 0.25) is 0 Å². The Labute approximate surface area is 112 Å². The molecule has 0 aromatic carbocycles. The zero-order chi connectivity index (χ0) is 14.3. The summed E-state index contributed by atoms with van der Waals surface area (Å²) < 4.78 is 4.98. The van der Waals surface area contributed by atoms with E-state index in [2.05, 4.69) is 0 Å². The van der Waals surface area contributed by atoms with Crippen molar-refractivity contribution in [3.05, 3.63) is 0 Å². The number of carboxylic acids is 1. The molecule has 0 aliphatic carbocycles. The second-order valence-electron chi connectivity index (χ2n) is 4.60. The average Bonchev–Trinajstić information content (AvgIpc) is 2.38. The van der Waals surface area contributed by atoms with Gasteiger partial charge in [0.25, 0.3) is 0 Å². The molecule has 1 saturated heterocycles. The van der Waals surface area contributed by atoms with E-state index in [1.54, 1.807) is 11.8 Å². The maximum Gasteiger partial charge on any atom is 0.328 e. The number of hydrogen-bond donors (Lipinski definition) is 1.